The number of aliphatic hydroxyl groups is 1. The molecule has 0 bridgehead atoms. The molecular weight excluding hydrogens is 224 g/mol. The van der Waals surface area contributed by atoms with Gasteiger partial charge in [-0.15, -0.1) is 0 Å². The standard InChI is InChI=1S/C8H13F2N3O3/c9-6(10)4-15-2-1-7-12-8(16-13-7)5(14)3-11/h5-6,14H,1-4,11H2. The van der Waals surface area contributed by atoms with Gasteiger partial charge < -0.3 is 20.1 Å². The zero-order valence-corrected chi connectivity index (χ0v) is 8.47. The van der Waals surface area contributed by atoms with Crippen molar-refractivity contribution in [2.75, 3.05) is 19.8 Å². The van der Waals surface area contributed by atoms with Crippen LogP contribution in [0, 0.1) is 0 Å². The molecule has 0 saturated carbocycles. The molecule has 1 rings (SSSR count). The summed E-state index contributed by atoms with van der Waals surface area (Å²) in [7, 11) is 0. The van der Waals surface area contributed by atoms with E-state index in [1.165, 1.54) is 0 Å². The molecule has 0 aliphatic rings. The van der Waals surface area contributed by atoms with Crippen LogP contribution in [0.15, 0.2) is 4.52 Å². The topological polar surface area (TPSA) is 94.4 Å². The van der Waals surface area contributed by atoms with Crippen LogP contribution >= 0.6 is 0 Å². The maximum atomic E-state index is 11.7. The highest BCUT2D eigenvalue weighted by Crippen LogP contribution is 2.08. The molecule has 1 heterocycles. The molecule has 92 valence electrons. The summed E-state index contributed by atoms with van der Waals surface area (Å²) in [6, 6.07) is 0. The third-order valence-electron chi connectivity index (χ3n) is 1.71. The molecule has 8 heteroatoms. The fraction of sp³-hybridized carbons (Fsp3) is 0.750. The minimum Gasteiger partial charge on any atom is -0.382 e. The number of aliphatic hydroxyl groups excluding tert-OH is 1. The molecule has 3 N–H and O–H groups in total. The first kappa shape index (κ1) is 12.9. The SMILES string of the molecule is NCC(O)c1nc(CCOCC(F)F)no1. The van der Waals surface area contributed by atoms with Gasteiger partial charge in [0.25, 0.3) is 12.3 Å². The summed E-state index contributed by atoms with van der Waals surface area (Å²) in [5.74, 6) is 0.308. The van der Waals surface area contributed by atoms with Crippen molar-refractivity contribution in [1.82, 2.24) is 10.1 Å². The molecule has 0 amide bonds. The van der Waals surface area contributed by atoms with Crippen molar-refractivity contribution in [1.29, 1.82) is 0 Å². The van der Waals surface area contributed by atoms with Gasteiger partial charge in [0.05, 0.1) is 6.61 Å². The van der Waals surface area contributed by atoms with Crippen LogP contribution in [0.4, 0.5) is 8.78 Å². The van der Waals surface area contributed by atoms with Crippen LogP contribution in [0.25, 0.3) is 0 Å². The normalized spacial score (nSPS) is 13.3. The summed E-state index contributed by atoms with van der Waals surface area (Å²) in [5.41, 5.74) is 5.18. The van der Waals surface area contributed by atoms with Gasteiger partial charge in [-0.3, -0.25) is 0 Å². The zero-order valence-electron chi connectivity index (χ0n) is 8.47. The first-order valence-electron chi connectivity index (χ1n) is 4.70. The van der Waals surface area contributed by atoms with Crippen LogP contribution in [0.3, 0.4) is 0 Å². The Kier molecular flexibility index (Phi) is 5.23. The summed E-state index contributed by atoms with van der Waals surface area (Å²) in [4.78, 5) is 3.82. The van der Waals surface area contributed by atoms with Crippen LogP contribution in [0.5, 0.6) is 0 Å². The number of alkyl halides is 2. The molecule has 0 radical (unpaired) electrons. The molecule has 0 spiro atoms. The lowest BCUT2D eigenvalue weighted by Gasteiger charge is -2.00. The molecule has 1 atom stereocenters. The van der Waals surface area contributed by atoms with E-state index in [1.807, 2.05) is 0 Å². The molecule has 6 nitrogen and oxygen atoms in total. The van der Waals surface area contributed by atoms with E-state index >= 15 is 0 Å². The lowest BCUT2D eigenvalue weighted by molar-refractivity contribution is 0.0182. The van der Waals surface area contributed by atoms with Gasteiger partial charge in [0.1, 0.15) is 12.7 Å². The number of halogens is 2. The quantitative estimate of drug-likeness (QED) is 0.642. The van der Waals surface area contributed by atoms with E-state index in [1.54, 1.807) is 0 Å². The monoisotopic (exact) mass is 237 g/mol. The largest absolute Gasteiger partial charge is 0.382 e. The fourth-order valence-electron chi connectivity index (χ4n) is 0.941. The van der Waals surface area contributed by atoms with E-state index in [9.17, 15) is 13.9 Å². The van der Waals surface area contributed by atoms with Gasteiger partial charge in [-0.1, -0.05) is 5.16 Å². The summed E-state index contributed by atoms with van der Waals surface area (Å²) >= 11 is 0. The van der Waals surface area contributed by atoms with Gasteiger partial charge in [0, 0.05) is 13.0 Å². The van der Waals surface area contributed by atoms with Crippen LogP contribution in [0.2, 0.25) is 0 Å². The van der Waals surface area contributed by atoms with Gasteiger partial charge in [-0.05, 0) is 0 Å². The Morgan fingerprint density at radius 3 is 2.88 bits per heavy atom. The molecule has 0 fully saturated rings. The minimum atomic E-state index is -2.49. The highest BCUT2D eigenvalue weighted by Gasteiger charge is 2.14. The van der Waals surface area contributed by atoms with Gasteiger partial charge in [0.2, 0.25) is 0 Å². The number of ether oxygens (including phenoxy) is 1. The number of hydrogen-bond acceptors (Lipinski definition) is 6. The summed E-state index contributed by atoms with van der Waals surface area (Å²) in [6.07, 6.45) is -3.24. The zero-order chi connectivity index (χ0) is 12.0. The van der Waals surface area contributed by atoms with E-state index in [0.29, 0.717) is 0 Å². The smallest absolute Gasteiger partial charge is 0.261 e. The average Bonchev–Trinajstić information content (AvgIpc) is 2.71. The van der Waals surface area contributed by atoms with Crippen LogP contribution in [-0.2, 0) is 11.2 Å². The van der Waals surface area contributed by atoms with Crippen molar-refractivity contribution < 1.29 is 23.1 Å². The third kappa shape index (κ3) is 4.17. The lowest BCUT2D eigenvalue weighted by atomic mass is 10.3. The van der Waals surface area contributed by atoms with Gasteiger partial charge in [-0.2, -0.15) is 4.98 Å². The number of nitrogens with two attached hydrogens (primary N) is 1. The molecule has 0 saturated heterocycles. The molecule has 16 heavy (non-hydrogen) atoms. The highest BCUT2D eigenvalue weighted by molar-refractivity contribution is 4.90. The first-order chi connectivity index (χ1) is 7.63. The maximum absolute atomic E-state index is 11.7. The number of hydrogen-bond donors (Lipinski definition) is 2. The summed E-state index contributed by atoms with van der Waals surface area (Å²) in [6.45, 7) is -0.568. The number of nitrogens with zero attached hydrogens (tertiary/aromatic N) is 2. The second-order valence-electron chi connectivity index (χ2n) is 3.02. The van der Waals surface area contributed by atoms with Crippen LogP contribution < -0.4 is 5.73 Å². The van der Waals surface area contributed by atoms with Crippen molar-refractivity contribution in [2.45, 2.75) is 19.0 Å². The van der Waals surface area contributed by atoms with Crippen molar-refractivity contribution in [3.05, 3.63) is 11.7 Å². The molecule has 0 aromatic carbocycles. The predicted molar refractivity (Wildman–Crippen MR) is 48.8 cm³/mol. The van der Waals surface area contributed by atoms with Crippen LogP contribution in [0.1, 0.15) is 17.8 Å². The Hall–Kier alpha value is -1.12. The molecule has 1 unspecified atom stereocenters. The van der Waals surface area contributed by atoms with E-state index in [2.05, 4.69) is 14.9 Å². The summed E-state index contributed by atoms with van der Waals surface area (Å²) in [5, 5.41) is 12.8. The minimum absolute atomic E-state index is 0.0198. The van der Waals surface area contributed by atoms with Crippen molar-refractivity contribution in [3.63, 3.8) is 0 Å². The van der Waals surface area contributed by atoms with Gasteiger partial charge in [0.15, 0.2) is 5.82 Å². The molecular formula is C8H13F2N3O3. The fourth-order valence-corrected chi connectivity index (χ4v) is 0.941. The second-order valence-corrected chi connectivity index (χ2v) is 3.02. The van der Waals surface area contributed by atoms with E-state index in [4.69, 9.17) is 10.3 Å². The average molecular weight is 237 g/mol. The molecule has 1 aromatic heterocycles. The van der Waals surface area contributed by atoms with E-state index in [-0.39, 0.29) is 31.3 Å². The third-order valence-corrected chi connectivity index (χ3v) is 1.71. The Labute approximate surface area is 90.4 Å². The number of aromatic nitrogens is 2. The Balaban J connectivity index is 2.29. The predicted octanol–water partition coefficient (Wildman–Crippen LogP) is -0.114. The highest BCUT2D eigenvalue weighted by atomic mass is 19.3. The lowest BCUT2D eigenvalue weighted by Crippen LogP contribution is -2.12. The Morgan fingerprint density at radius 1 is 1.50 bits per heavy atom. The first-order valence-corrected chi connectivity index (χ1v) is 4.70. The van der Waals surface area contributed by atoms with Crippen molar-refractivity contribution in [3.8, 4) is 0 Å². The molecule has 1 aromatic rings. The van der Waals surface area contributed by atoms with Crippen molar-refractivity contribution >= 4 is 0 Å². The van der Waals surface area contributed by atoms with Crippen LogP contribution in [-0.4, -0.2) is 41.4 Å². The Morgan fingerprint density at radius 2 is 2.25 bits per heavy atom. The van der Waals surface area contributed by atoms with E-state index in [0.717, 1.165) is 0 Å². The van der Waals surface area contributed by atoms with Gasteiger partial charge >= 0.3 is 0 Å². The van der Waals surface area contributed by atoms with Gasteiger partial charge in [-0.25, -0.2) is 8.78 Å². The Bertz CT molecular complexity index is 308. The van der Waals surface area contributed by atoms with Crippen molar-refractivity contribution in [2.24, 2.45) is 5.73 Å². The molecule has 0 aliphatic heterocycles. The summed E-state index contributed by atoms with van der Waals surface area (Å²) < 4.78 is 32.7. The maximum Gasteiger partial charge on any atom is 0.261 e. The number of rotatable bonds is 7. The van der Waals surface area contributed by atoms with E-state index < -0.39 is 19.1 Å². The second kappa shape index (κ2) is 6.46. The molecule has 0 aliphatic carbocycles.